The molecule has 0 bridgehead atoms. The number of carbonyl (C=O) groups is 1. The van der Waals surface area contributed by atoms with Gasteiger partial charge in [0.2, 0.25) is 5.91 Å². The van der Waals surface area contributed by atoms with Crippen molar-refractivity contribution in [1.82, 2.24) is 4.90 Å². The molecule has 0 saturated carbocycles. The summed E-state index contributed by atoms with van der Waals surface area (Å²) in [6, 6.07) is 8.04. The zero-order valence-electron chi connectivity index (χ0n) is 10.9. The van der Waals surface area contributed by atoms with Crippen molar-refractivity contribution in [3.8, 4) is 5.75 Å². The third-order valence-corrected chi connectivity index (χ3v) is 2.64. The summed E-state index contributed by atoms with van der Waals surface area (Å²) in [6.07, 6.45) is 2.27. The van der Waals surface area contributed by atoms with E-state index in [1.54, 1.807) is 19.0 Å². The van der Waals surface area contributed by atoms with E-state index in [0.717, 1.165) is 18.6 Å². The zero-order chi connectivity index (χ0) is 12.7. The Morgan fingerprint density at radius 3 is 2.65 bits per heavy atom. The number of hydrogen-bond donors (Lipinski definition) is 0. The Morgan fingerprint density at radius 2 is 2.00 bits per heavy atom. The second kappa shape index (κ2) is 6.94. The van der Waals surface area contributed by atoms with Crippen LogP contribution in [-0.2, 0) is 11.2 Å². The van der Waals surface area contributed by atoms with E-state index in [1.807, 2.05) is 18.2 Å². The molecule has 1 amide bonds. The predicted molar refractivity (Wildman–Crippen MR) is 69.2 cm³/mol. The number of amides is 1. The number of rotatable bonds is 6. The number of ether oxygens (including phenoxy) is 1. The summed E-state index contributed by atoms with van der Waals surface area (Å²) in [5.41, 5.74) is 1.21. The van der Waals surface area contributed by atoms with Crippen LogP contribution in [0.3, 0.4) is 0 Å². The first kappa shape index (κ1) is 13.6. The molecule has 0 N–H and O–H groups in total. The minimum absolute atomic E-state index is 0.150. The van der Waals surface area contributed by atoms with Gasteiger partial charge >= 0.3 is 0 Å². The van der Waals surface area contributed by atoms with Gasteiger partial charge in [0.15, 0.2) is 0 Å². The van der Waals surface area contributed by atoms with E-state index >= 15 is 0 Å². The predicted octanol–water partition coefficient (Wildman–Crippen LogP) is 2.50. The maximum absolute atomic E-state index is 11.3. The maximum Gasteiger partial charge on any atom is 0.222 e. The van der Waals surface area contributed by atoms with Crippen LogP contribution >= 0.6 is 0 Å². The van der Waals surface area contributed by atoms with Crippen LogP contribution in [0, 0.1) is 0 Å². The summed E-state index contributed by atoms with van der Waals surface area (Å²) in [7, 11) is 3.55. The fourth-order valence-electron chi connectivity index (χ4n) is 1.57. The lowest BCUT2D eigenvalue weighted by Gasteiger charge is -2.12. The van der Waals surface area contributed by atoms with Gasteiger partial charge in [-0.25, -0.2) is 0 Å². The fraction of sp³-hybridized carbons (Fsp3) is 0.500. The van der Waals surface area contributed by atoms with Crippen molar-refractivity contribution in [2.24, 2.45) is 0 Å². The Kier molecular flexibility index (Phi) is 5.53. The van der Waals surface area contributed by atoms with Crippen LogP contribution in [-0.4, -0.2) is 31.5 Å². The van der Waals surface area contributed by atoms with E-state index in [1.165, 1.54) is 5.56 Å². The van der Waals surface area contributed by atoms with Crippen molar-refractivity contribution in [3.63, 3.8) is 0 Å². The van der Waals surface area contributed by atoms with Gasteiger partial charge in [-0.05, 0) is 24.5 Å². The van der Waals surface area contributed by atoms with Crippen LogP contribution in [0.5, 0.6) is 5.75 Å². The Hall–Kier alpha value is -1.51. The second-order valence-electron chi connectivity index (χ2n) is 4.20. The van der Waals surface area contributed by atoms with Crippen molar-refractivity contribution in [2.75, 3.05) is 20.7 Å². The molecule has 0 aliphatic carbocycles. The molecule has 0 aliphatic heterocycles. The van der Waals surface area contributed by atoms with E-state index < -0.39 is 0 Å². The van der Waals surface area contributed by atoms with Gasteiger partial charge in [-0.15, -0.1) is 0 Å². The summed E-state index contributed by atoms with van der Waals surface area (Å²) in [5, 5.41) is 0. The van der Waals surface area contributed by atoms with Gasteiger partial charge in [-0.1, -0.05) is 25.1 Å². The number of aryl methyl sites for hydroxylation is 1. The fourth-order valence-corrected chi connectivity index (χ4v) is 1.57. The molecule has 1 aromatic carbocycles. The lowest BCUT2D eigenvalue weighted by Crippen LogP contribution is -2.21. The standard InChI is InChI=1S/C14H21NO2/c1-4-12-8-5-6-9-13(12)17-11-7-10-14(16)15(2)3/h5-6,8-9H,4,7,10-11H2,1-3H3. The molecule has 94 valence electrons. The van der Waals surface area contributed by atoms with Crippen LogP contribution in [0.4, 0.5) is 0 Å². The second-order valence-corrected chi connectivity index (χ2v) is 4.20. The number of benzene rings is 1. The third kappa shape index (κ3) is 4.47. The normalized spacial score (nSPS) is 10.1. The summed E-state index contributed by atoms with van der Waals surface area (Å²) < 4.78 is 5.69. The average molecular weight is 235 g/mol. The van der Waals surface area contributed by atoms with E-state index in [-0.39, 0.29) is 5.91 Å². The van der Waals surface area contributed by atoms with E-state index in [0.29, 0.717) is 13.0 Å². The highest BCUT2D eigenvalue weighted by Gasteiger charge is 2.04. The number of nitrogens with zero attached hydrogens (tertiary/aromatic N) is 1. The Balaban J connectivity index is 2.33. The smallest absolute Gasteiger partial charge is 0.222 e. The molecule has 0 atom stereocenters. The van der Waals surface area contributed by atoms with Crippen molar-refractivity contribution < 1.29 is 9.53 Å². The minimum Gasteiger partial charge on any atom is -0.493 e. The summed E-state index contributed by atoms with van der Waals surface area (Å²) in [6.45, 7) is 2.70. The Bertz CT molecular complexity index is 361. The molecule has 0 fully saturated rings. The largest absolute Gasteiger partial charge is 0.493 e. The molecule has 0 saturated heterocycles. The molecule has 0 aromatic heterocycles. The highest BCUT2D eigenvalue weighted by Crippen LogP contribution is 2.18. The van der Waals surface area contributed by atoms with Gasteiger partial charge in [-0.3, -0.25) is 4.79 Å². The molecule has 0 unspecified atom stereocenters. The van der Waals surface area contributed by atoms with Gasteiger partial charge in [0.1, 0.15) is 5.75 Å². The maximum atomic E-state index is 11.3. The molecule has 3 heteroatoms. The van der Waals surface area contributed by atoms with Gasteiger partial charge in [0.25, 0.3) is 0 Å². The lowest BCUT2D eigenvalue weighted by atomic mass is 10.1. The molecule has 1 rings (SSSR count). The first-order valence-corrected chi connectivity index (χ1v) is 6.06. The Morgan fingerprint density at radius 1 is 1.29 bits per heavy atom. The first-order chi connectivity index (χ1) is 8.15. The Labute approximate surface area is 103 Å². The molecule has 1 aromatic rings. The molecular weight excluding hydrogens is 214 g/mol. The van der Waals surface area contributed by atoms with Crippen molar-refractivity contribution in [1.29, 1.82) is 0 Å². The molecule has 0 aliphatic rings. The van der Waals surface area contributed by atoms with Crippen LogP contribution in [0.2, 0.25) is 0 Å². The monoisotopic (exact) mass is 235 g/mol. The SMILES string of the molecule is CCc1ccccc1OCCCC(=O)N(C)C. The molecule has 0 spiro atoms. The summed E-state index contributed by atoms with van der Waals surface area (Å²) in [5.74, 6) is 1.09. The highest BCUT2D eigenvalue weighted by molar-refractivity contribution is 5.75. The minimum atomic E-state index is 0.150. The topological polar surface area (TPSA) is 29.5 Å². The summed E-state index contributed by atoms with van der Waals surface area (Å²) >= 11 is 0. The zero-order valence-corrected chi connectivity index (χ0v) is 10.9. The van der Waals surface area contributed by atoms with Crippen molar-refractivity contribution in [2.45, 2.75) is 26.2 Å². The highest BCUT2D eigenvalue weighted by atomic mass is 16.5. The third-order valence-electron chi connectivity index (χ3n) is 2.64. The average Bonchev–Trinajstić information content (AvgIpc) is 2.34. The summed E-state index contributed by atoms with van der Waals surface area (Å²) in [4.78, 5) is 13.0. The molecule has 0 radical (unpaired) electrons. The molecule has 3 nitrogen and oxygen atoms in total. The van der Waals surface area contributed by atoms with Crippen LogP contribution < -0.4 is 4.74 Å². The van der Waals surface area contributed by atoms with E-state index in [9.17, 15) is 4.79 Å². The van der Waals surface area contributed by atoms with E-state index in [4.69, 9.17) is 4.74 Å². The lowest BCUT2D eigenvalue weighted by molar-refractivity contribution is -0.128. The van der Waals surface area contributed by atoms with Gasteiger partial charge in [0, 0.05) is 20.5 Å². The number of para-hydroxylation sites is 1. The van der Waals surface area contributed by atoms with Gasteiger partial charge in [-0.2, -0.15) is 0 Å². The van der Waals surface area contributed by atoms with E-state index in [2.05, 4.69) is 13.0 Å². The van der Waals surface area contributed by atoms with Gasteiger partial charge < -0.3 is 9.64 Å². The number of hydrogen-bond acceptors (Lipinski definition) is 2. The van der Waals surface area contributed by atoms with Crippen molar-refractivity contribution >= 4 is 5.91 Å². The van der Waals surface area contributed by atoms with Crippen molar-refractivity contribution in [3.05, 3.63) is 29.8 Å². The first-order valence-electron chi connectivity index (χ1n) is 6.06. The van der Waals surface area contributed by atoms with Crippen LogP contribution in [0.1, 0.15) is 25.3 Å². The quantitative estimate of drug-likeness (QED) is 0.709. The number of carbonyl (C=O) groups excluding carboxylic acids is 1. The van der Waals surface area contributed by atoms with Crippen LogP contribution in [0.15, 0.2) is 24.3 Å². The van der Waals surface area contributed by atoms with Crippen LogP contribution in [0.25, 0.3) is 0 Å². The molecular formula is C14H21NO2. The van der Waals surface area contributed by atoms with Gasteiger partial charge in [0.05, 0.1) is 6.61 Å². The molecule has 17 heavy (non-hydrogen) atoms. The molecule has 0 heterocycles.